The highest BCUT2D eigenvalue weighted by Crippen LogP contribution is 2.38. The van der Waals surface area contributed by atoms with Crippen molar-refractivity contribution < 1.29 is 33.2 Å². The topological polar surface area (TPSA) is 72.5 Å². The number of ether oxygens (including phenoxy) is 6. The van der Waals surface area contributed by atoms with Crippen molar-refractivity contribution in [3.63, 3.8) is 0 Å². The lowest BCUT2D eigenvalue weighted by atomic mass is 9.94. The van der Waals surface area contributed by atoms with Crippen LogP contribution in [0.15, 0.2) is 30.3 Å². The van der Waals surface area contributed by atoms with E-state index in [0.29, 0.717) is 6.61 Å². The van der Waals surface area contributed by atoms with Crippen molar-refractivity contribution in [1.29, 1.82) is 0 Å². The Labute approximate surface area is 178 Å². The van der Waals surface area contributed by atoms with Gasteiger partial charge < -0.3 is 28.4 Å². The summed E-state index contributed by atoms with van der Waals surface area (Å²) in [5.74, 6) is -0.356. The van der Waals surface area contributed by atoms with Crippen LogP contribution in [0.4, 0.5) is 0 Å². The zero-order valence-electron chi connectivity index (χ0n) is 18.9. The number of fused-ring (bicyclic) bond motifs is 1. The molecule has 7 heteroatoms. The molecule has 2 fully saturated rings. The second kappa shape index (κ2) is 8.93. The maximum absolute atomic E-state index is 12.7. The number of carbonyl (C=O) groups excluding carboxylic acids is 1. The maximum atomic E-state index is 12.7. The molecule has 2 heterocycles. The fourth-order valence-electron chi connectivity index (χ4n) is 3.48. The second-order valence-electron chi connectivity index (χ2n) is 9.77. The Balaban J connectivity index is 1.90. The van der Waals surface area contributed by atoms with Gasteiger partial charge in [-0.15, -0.1) is 0 Å². The molecule has 0 N–H and O–H groups in total. The molecule has 0 radical (unpaired) electrons. The molecule has 4 unspecified atom stereocenters. The smallest absolute Gasteiger partial charge is 0.311 e. The van der Waals surface area contributed by atoms with Gasteiger partial charge in [0.15, 0.2) is 18.7 Å². The Morgan fingerprint density at radius 1 is 1.00 bits per heavy atom. The van der Waals surface area contributed by atoms with Gasteiger partial charge in [0, 0.05) is 12.7 Å². The highest BCUT2D eigenvalue weighted by molar-refractivity contribution is 5.75. The molecule has 0 amide bonds. The van der Waals surface area contributed by atoms with Crippen molar-refractivity contribution in [2.45, 2.75) is 84.1 Å². The lowest BCUT2D eigenvalue weighted by Crippen LogP contribution is -2.65. The molecule has 0 aromatic heterocycles. The zero-order valence-corrected chi connectivity index (χ0v) is 18.9. The third kappa shape index (κ3) is 5.39. The van der Waals surface area contributed by atoms with Crippen LogP contribution in [0.3, 0.4) is 0 Å². The summed E-state index contributed by atoms with van der Waals surface area (Å²) in [5.41, 5.74) is -0.270. The van der Waals surface area contributed by atoms with E-state index in [-0.39, 0.29) is 5.97 Å². The summed E-state index contributed by atoms with van der Waals surface area (Å²) < 4.78 is 36.1. The van der Waals surface area contributed by atoms with E-state index in [0.717, 1.165) is 5.56 Å². The molecular weight excluding hydrogens is 388 g/mol. The van der Waals surface area contributed by atoms with E-state index >= 15 is 0 Å². The molecule has 2 aliphatic heterocycles. The van der Waals surface area contributed by atoms with Crippen molar-refractivity contribution in [3.8, 4) is 0 Å². The van der Waals surface area contributed by atoms with E-state index in [4.69, 9.17) is 28.4 Å². The molecule has 0 aliphatic carbocycles. The van der Waals surface area contributed by atoms with Crippen molar-refractivity contribution in [1.82, 2.24) is 0 Å². The standard InChI is InChI=1S/C23H34O7/c1-22(2,3)21(24)29-18-17(30-23(4,5)6)16-15(27-20(18)25-7)13-26-19(28-16)14-11-9-8-10-12-14/h8-12,15-20H,13H2,1-7H3/t15?,16-,17?,18?,19?,20+/m1/s1. The summed E-state index contributed by atoms with van der Waals surface area (Å²) in [6.45, 7) is 11.6. The molecule has 2 saturated heterocycles. The van der Waals surface area contributed by atoms with Gasteiger partial charge in [-0.25, -0.2) is 0 Å². The predicted molar refractivity (Wildman–Crippen MR) is 110 cm³/mol. The molecular formula is C23H34O7. The highest BCUT2D eigenvalue weighted by atomic mass is 16.8. The van der Waals surface area contributed by atoms with Crippen molar-refractivity contribution in [2.24, 2.45) is 5.41 Å². The average Bonchev–Trinajstić information content (AvgIpc) is 2.68. The van der Waals surface area contributed by atoms with Crippen molar-refractivity contribution in [2.75, 3.05) is 13.7 Å². The molecule has 1 aromatic rings. The summed E-state index contributed by atoms with van der Waals surface area (Å²) in [5, 5.41) is 0. The van der Waals surface area contributed by atoms with E-state index in [2.05, 4.69) is 0 Å². The first-order chi connectivity index (χ1) is 14.0. The van der Waals surface area contributed by atoms with Crippen LogP contribution in [0, 0.1) is 5.41 Å². The van der Waals surface area contributed by atoms with Gasteiger partial charge in [0.25, 0.3) is 0 Å². The predicted octanol–water partition coefficient (Wildman–Crippen LogP) is 3.61. The monoisotopic (exact) mass is 422 g/mol. The summed E-state index contributed by atoms with van der Waals surface area (Å²) in [6, 6.07) is 9.70. The van der Waals surface area contributed by atoms with E-state index in [1.165, 1.54) is 7.11 Å². The van der Waals surface area contributed by atoms with E-state index in [1.807, 2.05) is 51.1 Å². The van der Waals surface area contributed by atoms with Gasteiger partial charge in [0.2, 0.25) is 0 Å². The fraction of sp³-hybridized carbons (Fsp3) is 0.696. The van der Waals surface area contributed by atoms with Crippen molar-refractivity contribution >= 4 is 5.97 Å². The SMILES string of the molecule is CO[C@H]1OC2COC(c3ccccc3)O[C@H]2C(OC(C)(C)C)C1OC(=O)C(C)(C)C. The van der Waals surface area contributed by atoms with Gasteiger partial charge in [-0.3, -0.25) is 4.79 Å². The third-order valence-corrected chi connectivity index (χ3v) is 4.93. The first kappa shape index (κ1) is 23.2. The Hall–Kier alpha value is -1.51. The van der Waals surface area contributed by atoms with Crippen LogP contribution in [0.5, 0.6) is 0 Å². The fourth-order valence-corrected chi connectivity index (χ4v) is 3.48. The largest absolute Gasteiger partial charge is 0.454 e. The van der Waals surface area contributed by atoms with Gasteiger partial charge >= 0.3 is 5.97 Å². The molecule has 168 valence electrons. The van der Waals surface area contributed by atoms with Gasteiger partial charge in [-0.1, -0.05) is 30.3 Å². The summed E-state index contributed by atoms with van der Waals surface area (Å²) in [6.07, 6.45) is -3.61. The van der Waals surface area contributed by atoms with Gasteiger partial charge in [-0.2, -0.15) is 0 Å². The van der Waals surface area contributed by atoms with Crippen LogP contribution in [0.2, 0.25) is 0 Å². The second-order valence-corrected chi connectivity index (χ2v) is 9.77. The van der Waals surface area contributed by atoms with Crippen LogP contribution in [0.25, 0.3) is 0 Å². The number of esters is 1. The highest BCUT2D eigenvalue weighted by Gasteiger charge is 2.54. The van der Waals surface area contributed by atoms with Gasteiger partial charge in [-0.05, 0) is 41.5 Å². The van der Waals surface area contributed by atoms with Crippen LogP contribution in [-0.4, -0.2) is 56.0 Å². The average molecular weight is 423 g/mol. The first-order valence-corrected chi connectivity index (χ1v) is 10.4. The number of carbonyl (C=O) groups is 1. The number of rotatable bonds is 4. The Morgan fingerprint density at radius 2 is 1.67 bits per heavy atom. The molecule has 7 nitrogen and oxygen atoms in total. The molecule has 1 aromatic carbocycles. The molecule has 0 bridgehead atoms. The normalized spacial score (nSPS) is 32.4. The van der Waals surface area contributed by atoms with Crippen molar-refractivity contribution in [3.05, 3.63) is 35.9 Å². The van der Waals surface area contributed by atoms with Crippen LogP contribution >= 0.6 is 0 Å². The summed E-state index contributed by atoms with van der Waals surface area (Å²) >= 11 is 0. The molecule has 0 saturated carbocycles. The Kier molecular flexibility index (Phi) is 6.89. The minimum Gasteiger partial charge on any atom is -0.454 e. The molecule has 0 spiro atoms. The van der Waals surface area contributed by atoms with Crippen LogP contribution < -0.4 is 0 Å². The van der Waals surface area contributed by atoms with E-state index in [1.54, 1.807) is 20.8 Å². The summed E-state index contributed by atoms with van der Waals surface area (Å²) in [4.78, 5) is 12.7. The minimum absolute atomic E-state index is 0.314. The molecule has 3 rings (SSSR count). The van der Waals surface area contributed by atoms with Crippen LogP contribution in [-0.2, 0) is 33.2 Å². The van der Waals surface area contributed by atoms with Gasteiger partial charge in [0.1, 0.15) is 18.3 Å². The van der Waals surface area contributed by atoms with Crippen LogP contribution in [0.1, 0.15) is 53.4 Å². The maximum Gasteiger partial charge on any atom is 0.311 e. The number of methoxy groups -OCH3 is 1. The quantitative estimate of drug-likeness (QED) is 0.686. The lowest BCUT2D eigenvalue weighted by Gasteiger charge is -2.50. The van der Waals surface area contributed by atoms with E-state index < -0.39 is 48.0 Å². The lowest BCUT2D eigenvalue weighted by molar-refractivity contribution is -0.370. The number of hydrogen-bond donors (Lipinski definition) is 0. The minimum atomic E-state index is -0.787. The van der Waals surface area contributed by atoms with E-state index in [9.17, 15) is 4.79 Å². The summed E-state index contributed by atoms with van der Waals surface area (Å²) in [7, 11) is 1.52. The Bertz CT molecular complexity index is 707. The Morgan fingerprint density at radius 3 is 2.23 bits per heavy atom. The third-order valence-electron chi connectivity index (χ3n) is 4.93. The molecule has 6 atom stereocenters. The zero-order chi connectivity index (χ0) is 22.1. The molecule has 2 aliphatic rings. The van der Waals surface area contributed by atoms with Gasteiger partial charge in [0.05, 0.1) is 17.6 Å². The first-order valence-electron chi connectivity index (χ1n) is 10.4. The number of hydrogen-bond acceptors (Lipinski definition) is 7. The number of benzene rings is 1. The molecule has 30 heavy (non-hydrogen) atoms.